The smallest absolute Gasteiger partial charge is 0.316 e. The maximum absolute atomic E-state index is 11.7. The van der Waals surface area contributed by atoms with Crippen LogP contribution in [0, 0.1) is 0 Å². The molecule has 1 heterocycles. The molecule has 0 amide bonds. The predicted octanol–water partition coefficient (Wildman–Crippen LogP) is 4.85. The molecule has 1 aromatic heterocycles. The number of ether oxygens (including phenoxy) is 1. The highest BCUT2D eigenvalue weighted by molar-refractivity contribution is 7.99. The third-order valence-electron chi connectivity index (χ3n) is 3.51. The van der Waals surface area contributed by atoms with E-state index in [0.717, 1.165) is 22.1 Å². The van der Waals surface area contributed by atoms with Crippen molar-refractivity contribution in [3.63, 3.8) is 0 Å². The molecule has 0 spiro atoms. The highest BCUT2D eigenvalue weighted by Gasteiger charge is 2.15. The Balaban J connectivity index is 1.99. The van der Waals surface area contributed by atoms with Gasteiger partial charge in [-0.2, -0.15) is 0 Å². The van der Waals surface area contributed by atoms with Gasteiger partial charge in [0.05, 0.1) is 24.3 Å². The summed E-state index contributed by atoms with van der Waals surface area (Å²) in [6.45, 7) is 2.17. The quantitative estimate of drug-likeness (QED) is 0.458. The summed E-state index contributed by atoms with van der Waals surface area (Å²) in [5, 5.41) is 1.40. The van der Waals surface area contributed by atoms with Gasteiger partial charge in [0.1, 0.15) is 0 Å². The van der Waals surface area contributed by atoms with Crippen molar-refractivity contribution in [3.8, 4) is 16.9 Å². The number of nitrogens with zero attached hydrogens (tertiary/aromatic N) is 2. The number of hydrogen-bond donors (Lipinski definition) is 0. The number of aromatic nitrogens is 2. The Morgan fingerprint density at radius 1 is 1.16 bits per heavy atom. The molecule has 0 atom stereocenters. The van der Waals surface area contributed by atoms with E-state index in [-0.39, 0.29) is 11.7 Å². The maximum atomic E-state index is 11.7. The third-order valence-corrected chi connectivity index (χ3v) is 4.69. The molecule has 0 fully saturated rings. The molecule has 0 bridgehead atoms. The normalized spacial score (nSPS) is 10.6. The number of esters is 1. The first-order valence-corrected chi connectivity index (χ1v) is 9.23. The molecule has 6 heteroatoms. The minimum atomic E-state index is -0.251. The van der Waals surface area contributed by atoms with E-state index in [2.05, 4.69) is 4.98 Å². The molecule has 0 aliphatic carbocycles. The summed E-state index contributed by atoms with van der Waals surface area (Å²) >= 11 is 7.37. The fourth-order valence-electron chi connectivity index (χ4n) is 2.42. The molecular formula is C19H17ClN2O2S. The van der Waals surface area contributed by atoms with Crippen LogP contribution in [0.25, 0.3) is 16.9 Å². The monoisotopic (exact) mass is 372 g/mol. The highest BCUT2D eigenvalue weighted by atomic mass is 35.5. The van der Waals surface area contributed by atoms with Crippen LogP contribution in [0.15, 0.2) is 66.0 Å². The van der Waals surface area contributed by atoms with E-state index in [1.807, 2.05) is 65.4 Å². The molecule has 128 valence electrons. The van der Waals surface area contributed by atoms with Crippen LogP contribution in [0.2, 0.25) is 5.02 Å². The molecule has 0 aliphatic rings. The van der Waals surface area contributed by atoms with Gasteiger partial charge in [-0.15, -0.1) is 0 Å². The van der Waals surface area contributed by atoms with Crippen molar-refractivity contribution in [2.24, 2.45) is 0 Å². The lowest BCUT2D eigenvalue weighted by molar-refractivity contribution is -0.139. The maximum Gasteiger partial charge on any atom is 0.316 e. The number of carbonyl (C=O) groups is 1. The molecule has 4 nitrogen and oxygen atoms in total. The van der Waals surface area contributed by atoms with Gasteiger partial charge in [0.25, 0.3) is 0 Å². The zero-order valence-electron chi connectivity index (χ0n) is 13.7. The molecule has 0 aliphatic heterocycles. The van der Waals surface area contributed by atoms with E-state index in [4.69, 9.17) is 16.3 Å². The summed E-state index contributed by atoms with van der Waals surface area (Å²) in [5.41, 5.74) is 2.94. The summed E-state index contributed by atoms with van der Waals surface area (Å²) in [6, 6.07) is 17.6. The first kappa shape index (κ1) is 17.6. The number of carbonyl (C=O) groups excluding carboxylic acids is 1. The SMILES string of the molecule is CCOC(=O)CSc1ncc(-c2ccccc2)n1-c1ccc(Cl)cc1. The Morgan fingerprint density at radius 2 is 1.88 bits per heavy atom. The fourth-order valence-corrected chi connectivity index (χ4v) is 3.33. The minimum absolute atomic E-state index is 0.215. The Labute approximate surface area is 155 Å². The van der Waals surface area contributed by atoms with Crippen molar-refractivity contribution in [2.75, 3.05) is 12.4 Å². The molecule has 0 N–H and O–H groups in total. The standard InChI is InChI=1S/C19H17ClN2O2S/c1-2-24-18(23)13-25-19-21-12-17(14-6-4-3-5-7-14)22(19)16-10-8-15(20)9-11-16/h3-12H,2,13H2,1H3. The number of halogens is 1. The van der Waals surface area contributed by atoms with Crippen LogP contribution in [0.3, 0.4) is 0 Å². The minimum Gasteiger partial charge on any atom is -0.465 e. The van der Waals surface area contributed by atoms with Crippen molar-refractivity contribution in [1.82, 2.24) is 9.55 Å². The second-order valence-electron chi connectivity index (χ2n) is 5.20. The summed E-state index contributed by atoms with van der Waals surface area (Å²) < 4.78 is 7.03. The van der Waals surface area contributed by atoms with Crippen molar-refractivity contribution >= 4 is 29.3 Å². The largest absolute Gasteiger partial charge is 0.465 e. The third kappa shape index (κ3) is 4.24. The summed E-state index contributed by atoms with van der Waals surface area (Å²) in [6.07, 6.45) is 1.82. The van der Waals surface area contributed by atoms with Gasteiger partial charge in [-0.05, 0) is 31.2 Å². The van der Waals surface area contributed by atoms with Crippen molar-refractivity contribution in [3.05, 3.63) is 65.8 Å². The van der Waals surface area contributed by atoms with E-state index in [1.165, 1.54) is 11.8 Å². The van der Waals surface area contributed by atoms with Gasteiger partial charge in [-0.1, -0.05) is 53.7 Å². The molecule has 3 rings (SSSR count). The van der Waals surface area contributed by atoms with Crippen molar-refractivity contribution < 1.29 is 9.53 Å². The topological polar surface area (TPSA) is 44.1 Å². The van der Waals surface area contributed by atoms with Crippen LogP contribution in [-0.2, 0) is 9.53 Å². The van der Waals surface area contributed by atoms with E-state index in [1.54, 1.807) is 6.92 Å². The second kappa shape index (κ2) is 8.23. The molecule has 3 aromatic rings. The van der Waals surface area contributed by atoms with Gasteiger partial charge in [-0.25, -0.2) is 4.98 Å². The average Bonchev–Trinajstić information content (AvgIpc) is 3.05. The first-order valence-electron chi connectivity index (χ1n) is 7.86. The molecule has 25 heavy (non-hydrogen) atoms. The van der Waals surface area contributed by atoms with E-state index in [9.17, 15) is 4.79 Å². The van der Waals surface area contributed by atoms with Crippen LogP contribution in [0.5, 0.6) is 0 Å². The lowest BCUT2D eigenvalue weighted by Crippen LogP contribution is -2.08. The first-order chi connectivity index (χ1) is 12.2. The molecule has 0 unspecified atom stereocenters. The number of thioether (sulfide) groups is 1. The number of imidazole rings is 1. The zero-order chi connectivity index (χ0) is 17.6. The molecular weight excluding hydrogens is 356 g/mol. The van der Waals surface area contributed by atoms with Crippen molar-refractivity contribution in [2.45, 2.75) is 12.1 Å². The van der Waals surface area contributed by atoms with E-state index < -0.39 is 0 Å². The van der Waals surface area contributed by atoms with Crippen molar-refractivity contribution in [1.29, 1.82) is 0 Å². The summed E-state index contributed by atoms with van der Waals surface area (Å²) in [5.74, 6) is -0.0356. The summed E-state index contributed by atoms with van der Waals surface area (Å²) in [4.78, 5) is 16.2. The van der Waals surface area contributed by atoms with Crippen LogP contribution in [-0.4, -0.2) is 27.9 Å². The Bertz CT molecular complexity index is 848. The van der Waals surface area contributed by atoms with Crippen LogP contribution < -0.4 is 0 Å². The van der Waals surface area contributed by atoms with Gasteiger partial charge < -0.3 is 4.74 Å². The van der Waals surface area contributed by atoms with Gasteiger partial charge in [-0.3, -0.25) is 9.36 Å². The molecule has 0 radical (unpaired) electrons. The molecule has 0 saturated carbocycles. The molecule has 2 aromatic carbocycles. The average molecular weight is 373 g/mol. The summed E-state index contributed by atoms with van der Waals surface area (Å²) in [7, 11) is 0. The predicted molar refractivity (Wildman–Crippen MR) is 101 cm³/mol. The second-order valence-corrected chi connectivity index (χ2v) is 6.58. The van der Waals surface area contributed by atoms with Gasteiger partial charge >= 0.3 is 5.97 Å². The number of rotatable bonds is 6. The van der Waals surface area contributed by atoms with Gasteiger partial charge in [0.2, 0.25) is 0 Å². The van der Waals surface area contributed by atoms with E-state index >= 15 is 0 Å². The van der Waals surface area contributed by atoms with Crippen LogP contribution >= 0.6 is 23.4 Å². The Morgan fingerprint density at radius 3 is 2.56 bits per heavy atom. The number of benzene rings is 2. The zero-order valence-corrected chi connectivity index (χ0v) is 15.3. The molecule has 0 saturated heterocycles. The Hall–Kier alpha value is -2.24. The Kier molecular flexibility index (Phi) is 5.79. The van der Waals surface area contributed by atoms with Crippen LogP contribution in [0.1, 0.15) is 6.92 Å². The lowest BCUT2D eigenvalue weighted by Gasteiger charge is -2.12. The van der Waals surface area contributed by atoms with E-state index in [0.29, 0.717) is 11.6 Å². The highest BCUT2D eigenvalue weighted by Crippen LogP contribution is 2.30. The van der Waals surface area contributed by atoms with Gasteiger partial charge in [0.15, 0.2) is 5.16 Å². The number of hydrogen-bond acceptors (Lipinski definition) is 4. The van der Waals surface area contributed by atoms with Crippen LogP contribution in [0.4, 0.5) is 0 Å². The van der Waals surface area contributed by atoms with Gasteiger partial charge in [0, 0.05) is 16.3 Å². The fraction of sp³-hybridized carbons (Fsp3) is 0.158. The lowest BCUT2D eigenvalue weighted by atomic mass is 10.1.